The molecular weight excluding hydrogens is 470 g/mol. The van der Waals surface area contributed by atoms with Gasteiger partial charge in [-0.25, -0.2) is 15.0 Å². The average molecular weight is 502 g/mol. The van der Waals surface area contributed by atoms with Crippen LogP contribution in [0.4, 0.5) is 23.4 Å². The molecule has 11 heteroatoms. The Morgan fingerprint density at radius 1 is 0.919 bits per heavy atom. The summed E-state index contributed by atoms with van der Waals surface area (Å²) in [6, 6.07) is 7.88. The van der Waals surface area contributed by atoms with Crippen molar-refractivity contribution in [2.75, 3.05) is 81.6 Å². The van der Waals surface area contributed by atoms with Crippen LogP contribution in [0.1, 0.15) is 15.9 Å². The second-order valence-electron chi connectivity index (χ2n) is 9.65. The maximum Gasteiger partial charge on any atom is 0.253 e. The zero-order chi connectivity index (χ0) is 25.4. The molecule has 3 aromatic rings. The molecule has 2 aromatic heterocycles. The molecule has 0 aliphatic carbocycles. The number of benzene rings is 1. The summed E-state index contributed by atoms with van der Waals surface area (Å²) in [6.07, 6.45) is 4.23. The van der Waals surface area contributed by atoms with Crippen molar-refractivity contribution in [3.05, 3.63) is 47.8 Å². The van der Waals surface area contributed by atoms with E-state index in [0.717, 1.165) is 80.6 Å². The van der Waals surface area contributed by atoms with Crippen molar-refractivity contribution in [1.82, 2.24) is 29.7 Å². The lowest BCUT2D eigenvalue weighted by Gasteiger charge is -2.32. The molecule has 3 aliphatic heterocycles. The molecule has 0 saturated carbocycles. The maximum atomic E-state index is 13.0. The van der Waals surface area contributed by atoms with E-state index in [1.807, 2.05) is 29.2 Å². The van der Waals surface area contributed by atoms with Crippen LogP contribution < -0.4 is 15.5 Å². The Morgan fingerprint density at radius 3 is 2.32 bits per heavy atom. The fourth-order valence-corrected chi connectivity index (χ4v) is 5.07. The molecule has 6 rings (SSSR count). The van der Waals surface area contributed by atoms with Crippen LogP contribution in [0.25, 0.3) is 11.3 Å². The van der Waals surface area contributed by atoms with Crippen LogP contribution in [0.15, 0.2) is 36.7 Å². The molecule has 0 unspecified atom stereocenters. The third kappa shape index (κ3) is 4.67. The number of nitrogens with two attached hydrogens (primary N) is 1. The number of ether oxygens (including phenoxy) is 1. The Hall–Kier alpha value is -3.83. The Bertz CT molecular complexity index is 1270. The second kappa shape index (κ2) is 9.91. The summed E-state index contributed by atoms with van der Waals surface area (Å²) in [5, 5.41) is 0. The molecule has 37 heavy (non-hydrogen) atoms. The van der Waals surface area contributed by atoms with Crippen molar-refractivity contribution < 1.29 is 9.53 Å². The number of morpholine rings is 1. The molecular formula is C26H31N9O2. The molecule has 192 valence electrons. The number of nitrogens with zero attached hydrogens (tertiary/aromatic N) is 8. The Balaban J connectivity index is 1.32. The predicted molar refractivity (Wildman–Crippen MR) is 141 cm³/mol. The second-order valence-corrected chi connectivity index (χ2v) is 9.65. The molecule has 11 nitrogen and oxygen atoms in total. The first kappa shape index (κ1) is 23.6. The van der Waals surface area contributed by atoms with Gasteiger partial charge in [-0.3, -0.25) is 4.79 Å². The van der Waals surface area contributed by atoms with Crippen LogP contribution in [0, 0.1) is 0 Å². The zero-order valence-electron chi connectivity index (χ0n) is 21.0. The minimum Gasteiger partial charge on any atom is -0.378 e. The quantitative estimate of drug-likeness (QED) is 0.563. The van der Waals surface area contributed by atoms with E-state index >= 15 is 0 Å². The van der Waals surface area contributed by atoms with Crippen molar-refractivity contribution >= 4 is 29.3 Å². The van der Waals surface area contributed by atoms with Gasteiger partial charge in [0, 0.05) is 80.6 Å². The monoisotopic (exact) mass is 501 g/mol. The number of piperazine rings is 1. The number of nitrogen functional groups attached to an aromatic ring is 1. The molecule has 0 atom stereocenters. The number of hydrogen-bond acceptors (Lipinski definition) is 10. The summed E-state index contributed by atoms with van der Waals surface area (Å²) in [7, 11) is 2.09. The molecule has 5 heterocycles. The number of carbonyl (C=O) groups excluding carboxylic acids is 1. The van der Waals surface area contributed by atoms with E-state index in [-0.39, 0.29) is 11.9 Å². The Labute approximate surface area is 215 Å². The van der Waals surface area contributed by atoms with E-state index in [0.29, 0.717) is 24.7 Å². The smallest absolute Gasteiger partial charge is 0.253 e. The van der Waals surface area contributed by atoms with Crippen LogP contribution in [0.2, 0.25) is 0 Å². The van der Waals surface area contributed by atoms with E-state index in [1.54, 1.807) is 12.4 Å². The van der Waals surface area contributed by atoms with E-state index < -0.39 is 0 Å². The van der Waals surface area contributed by atoms with E-state index in [2.05, 4.69) is 31.7 Å². The van der Waals surface area contributed by atoms with Gasteiger partial charge < -0.3 is 30.1 Å². The van der Waals surface area contributed by atoms with Crippen molar-refractivity contribution in [2.45, 2.75) is 6.42 Å². The first-order valence-corrected chi connectivity index (χ1v) is 12.7. The van der Waals surface area contributed by atoms with Crippen LogP contribution >= 0.6 is 0 Å². The van der Waals surface area contributed by atoms with Crippen molar-refractivity contribution in [3.8, 4) is 11.3 Å². The van der Waals surface area contributed by atoms with Crippen LogP contribution in [0.3, 0.4) is 0 Å². The van der Waals surface area contributed by atoms with E-state index in [1.165, 1.54) is 0 Å². The Morgan fingerprint density at radius 2 is 1.62 bits per heavy atom. The SMILES string of the molecule is CN1CCN(C(=O)c2ccc(N3CCc4c(-c5cnc(N)nc5)nc(N5CCOCC5)nc43)cc2)CC1. The van der Waals surface area contributed by atoms with Gasteiger partial charge in [-0.15, -0.1) is 0 Å². The molecule has 1 amide bonds. The number of aromatic nitrogens is 4. The maximum absolute atomic E-state index is 13.0. The highest BCUT2D eigenvalue weighted by molar-refractivity contribution is 5.95. The van der Waals surface area contributed by atoms with Gasteiger partial charge in [0.05, 0.1) is 18.9 Å². The molecule has 3 aliphatic rings. The first-order valence-electron chi connectivity index (χ1n) is 12.7. The topological polar surface area (TPSA) is 117 Å². The first-order chi connectivity index (χ1) is 18.1. The lowest BCUT2D eigenvalue weighted by Crippen LogP contribution is -2.47. The number of rotatable bonds is 4. The molecule has 0 radical (unpaired) electrons. The normalized spacial score (nSPS) is 18.2. The standard InChI is InChI=1S/C26H31N9O2/c1-32-8-10-33(11-9-32)24(36)18-2-4-20(5-3-18)35-7-6-21-22(19-16-28-25(27)29-17-19)30-26(31-23(21)35)34-12-14-37-15-13-34/h2-5,16-17H,6-15H2,1H3,(H2,27,28,29). The van der Waals surface area contributed by atoms with Gasteiger partial charge in [0.15, 0.2) is 0 Å². The summed E-state index contributed by atoms with van der Waals surface area (Å²) in [5.74, 6) is 1.86. The molecule has 2 N–H and O–H groups in total. The van der Waals surface area contributed by atoms with Gasteiger partial charge in [0.1, 0.15) is 5.82 Å². The molecule has 1 aromatic carbocycles. The summed E-state index contributed by atoms with van der Waals surface area (Å²) < 4.78 is 5.54. The number of hydrogen-bond donors (Lipinski definition) is 1. The number of likely N-dealkylation sites (N-methyl/N-ethyl adjacent to an activating group) is 1. The predicted octanol–water partition coefficient (Wildman–Crippen LogP) is 1.43. The molecule has 0 bridgehead atoms. The zero-order valence-corrected chi connectivity index (χ0v) is 21.0. The van der Waals surface area contributed by atoms with Gasteiger partial charge in [0.2, 0.25) is 11.9 Å². The summed E-state index contributed by atoms with van der Waals surface area (Å²) in [4.78, 5) is 39.9. The average Bonchev–Trinajstić information content (AvgIpc) is 3.38. The van der Waals surface area contributed by atoms with Crippen LogP contribution in [-0.4, -0.2) is 102 Å². The number of fused-ring (bicyclic) bond motifs is 1. The Kier molecular flexibility index (Phi) is 6.31. The fraction of sp³-hybridized carbons (Fsp3) is 0.423. The van der Waals surface area contributed by atoms with Crippen LogP contribution in [0.5, 0.6) is 0 Å². The van der Waals surface area contributed by atoms with Gasteiger partial charge in [-0.1, -0.05) is 0 Å². The third-order valence-corrected chi connectivity index (χ3v) is 7.27. The molecule has 2 fully saturated rings. The lowest BCUT2D eigenvalue weighted by atomic mass is 10.1. The van der Waals surface area contributed by atoms with E-state index in [4.69, 9.17) is 20.4 Å². The van der Waals surface area contributed by atoms with Gasteiger partial charge in [-0.05, 0) is 37.7 Å². The highest BCUT2D eigenvalue weighted by atomic mass is 16.5. The van der Waals surface area contributed by atoms with Gasteiger partial charge in [-0.2, -0.15) is 4.98 Å². The number of anilines is 4. The third-order valence-electron chi connectivity index (χ3n) is 7.27. The minimum absolute atomic E-state index is 0.0871. The summed E-state index contributed by atoms with van der Waals surface area (Å²) >= 11 is 0. The number of carbonyl (C=O) groups is 1. The van der Waals surface area contributed by atoms with Crippen molar-refractivity contribution in [2.24, 2.45) is 0 Å². The van der Waals surface area contributed by atoms with Gasteiger partial charge >= 0.3 is 0 Å². The molecule has 0 spiro atoms. The van der Waals surface area contributed by atoms with Crippen molar-refractivity contribution in [1.29, 1.82) is 0 Å². The summed E-state index contributed by atoms with van der Waals surface area (Å²) in [5.41, 5.74) is 10.2. The van der Waals surface area contributed by atoms with E-state index in [9.17, 15) is 4.79 Å². The minimum atomic E-state index is 0.0871. The largest absolute Gasteiger partial charge is 0.378 e. The van der Waals surface area contributed by atoms with Crippen molar-refractivity contribution in [3.63, 3.8) is 0 Å². The highest BCUT2D eigenvalue weighted by Crippen LogP contribution is 2.39. The van der Waals surface area contributed by atoms with Crippen LogP contribution in [-0.2, 0) is 11.2 Å². The van der Waals surface area contributed by atoms with Gasteiger partial charge in [0.25, 0.3) is 5.91 Å². The highest BCUT2D eigenvalue weighted by Gasteiger charge is 2.30. The fourth-order valence-electron chi connectivity index (χ4n) is 5.07. The molecule has 2 saturated heterocycles. The summed E-state index contributed by atoms with van der Waals surface area (Å²) in [6.45, 7) is 6.86. The lowest BCUT2D eigenvalue weighted by molar-refractivity contribution is 0.0664. The number of amides is 1.